The Balaban J connectivity index is 2.52. The quantitative estimate of drug-likeness (QED) is 0.720. The lowest BCUT2D eigenvalue weighted by molar-refractivity contribution is 0.0641. The first-order valence-electron chi connectivity index (χ1n) is 5.01. The predicted octanol–water partition coefficient (Wildman–Crippen LogP) is 0.844. The second-order valence-electron chi connectivity index (χ2n) is 3.80. The molecule has 2 rings (SSSR count). The van der Waals surface area contributed by atoms with Gasteiger partial charge in [-0.3, -0.25) is 0 Å². The van der Waals surface area contributed by atoms with Crippen molar-refractivity contribution in [1.82, 2.24) is 9.97 Å². The van der Waals surface area contributed by atoms with Gasteiger partial charge in [0, 0.05) is 7.11 Å². The van der Waals surface area contributed by atoms with E-state index in [0.717, 1.165) is 16.6 Å². The number of aromatic nitrogens is 2. The van der Waals surface area contributed by atoms with Crippen LogP contribution in [0.5, 0.6) is 0 Å². The monoisotopic (exact) mass is 222 g/mol. The number of aryl methyl sites for hydroxylation is 1. The van der Waals surface area contributed by atoms with Gasteiger partial charge in [0.1, 0.15) is 6.10 Å². The van der Waals surface area contributed by atoms with Gasteiger partial charge in [-0.1, -0.05) is 0 Å². The summed E-state index contributed by atoms with van der Waals surface area (Å²) in [6.45, 7) is 2.12. The summed E-state index contributed by atoms with van der Waals surface area (Å²) in [5.41, 5.74) is 2.89. The Morgan fingerprint density at radius 3 is 2.62 bits per heavy atom. The third-order valence-electron chi connectivity index (χ3n) is 2.59. The van der Waals surface area contributed by atoms with Crippen LogP contribution in [0.25, 0.3) is 11.0 Å². The van der Waals surface area contributed by atoms with E-state index in [1.807, 2.05) is 13.0 Å². The Hall–Kier alpha value is -1.59. The minimum absolute atomic E-state index is 0.237. The highest BCUT2D eigenvalue weighted by atomic mass is 16.5. The normalized spacial score (nSPS) is 13.2. The Kier molecular flexibility index (Phi) is 2.80. The van der Waals surface area contributed by atoms with Gasteiger partial charge in [-0.05, 0) is 30.2 Å². The largest absolute Gasteiger partial charge is 0.386 e. The van der Waals surface area contributed by atoms with E-state index in [9.17, 15) is 9.90 Å². The minimum Gasteiger partial charge on any atom is -0.386 e. The summed E-state index contributed by atoms with van der Waals surface area (Å²) in [6.07, 6.45) is -0.673. The van der Waals surface area contributed by atoms with Crippen molar-refractivity contribution < 1.29 is 9.84 Å². The van der Waals surface area contributed by atoms with E-state index in [-0.39, 0.29) is 12.3 Å². The van der Waals surface area contributed by atoms with Crippen molar-refractivity contribution in [2.75, 3.05) is 13.7 Å². The third-order valence-corrected chi connectivity index (χ3v) is 2.59. The molecule has 0 amide bonds. The number of aliphatic hydroxyl groups is 1. The molecule has 0 radical (unpaired) electrons. The Morgan fingerprint density at radius 2 is 2.00 bits per heavy atom. The molecule has 86 valence electrons. The number of hydrogen-bond donors (Lipinski definition) is 3. The Morgan fingerprint density at radius 1 is 1.38 bits per heavy atom. The summed E-state index contributed by atoms with van der Waals surface area (Å²) in [5, 5.41) is 9.84. The van der Waals surface area contributed by atoms with Gasteiger partial charge in [0.15, 0.2) is 0 Å². The first-order valence-corrected chi connectivity index (χ1v) is 5.01. The molecular weight excluding hydrogens is 208 g/mol. The fourth-order valence-corrected chi connectivity index (χ4v) is 1.81. The number of rotatable bonds is 3. The molecule has 1 heterocycles. The first-order chi connectivity index (χ1) is 7.61. The van der Waals surface area contributed by atoms with Gasteiger partial charge in [-0.2, -0.15) is 0 Å². The van der Waals surface area contributed by atoms with E-state index in [1.165, 1.54) is 7.11 Å². The van der Waals surface area contributed by atoms with Crippen molar-refractivity contribution in [3.63, 3.8) is 0 Å². The van der Waals surface area contributed by atoms with Gasteiger partial charge in [0.25, 0.3) is 0 Å². The zero-order chi connectivity index (χ0) is 11.7. The molecule has 0 saturated carbocycles. The van der Waals surface area contributed by atoms with Crippen LogP contribution < -0.4 is 5.69 Å². The van der Waals surface area contributed by atoms with Gasteiger partial charge in [0.2, 0.25) is 0 Å². The predicted molar refractivity (Wildman–Crippen MR) is 60.5 cm³/mol. The number of benzene rings is 1. The van der Waals surface area contributed by atoms with Crippen molar-refractivity contribution in [2.45, 2.75) is 13.0 Å². The van der Waals surface area contributed by atoms with Crippen LogP contribution in [-0.4, -0.2) is 28.8 Å². The number of imidazole rings is 1. The Labute approximate surface area is 92.1 Å². The molecule has 5 nitrogen and oxygen atoms in total. The summed E-state index contributed by atoms with van der Waals surface area (Å²) in [6, 6.07) is 3.60. The van der Waals surface area contributed by atoms with E-state index in [0.29, 0.717) is 5.52 Å². The van der Waals surface area contributed by atoms with Crippen molar-refractivity contribution in [1.29, 1.82) is 0 Å². The summed E-state index contributed by atoms with van der Waals surface area (Å²) in [5.74, 6) is 0. The molecule has 3 N–H and O–H groups in total. The molecule has 5 heteroatoms. The number of aliphatic hydroxyl groups excluding tert-OH is 1. The van der Waals surface area contributed by atoms with E-state index in [4.69, 9.17) is 4.74 Å². The highest BCUT2D eigenvalue weighted by molar-refractivity contribution is 5.76. The smallest absolute Gasteiger partial charge is 0.323 e. The first kappa shape index (κ1) is 10.9. The molecule has 0 aliphatic carbocycles. The van der Waals surface area contributed by atoms with Gasteiger partial charge in [-0.15, -0.1) is 0 Å². The van der Waals surface area contributed by atoms with Gasteiger partial charge < -0.3 is 19.8 Å². The van der Waals surface area contributed by atoms with Crippen molar-refractivity contribution in [3.05, 3.63) is 33.7 Å². The fraction of sp³-hybridized carbons (Fsp3) is 0.364. The molecule has 0 spiro atoms. The third kappa shape index (κ3) is 1.87. The van der Waals surface area contributed by atoms with Crippen LogP contribution in [-0.2, 0) is 4.74 Å². The number of methoxy groups -OCH3 is 1. The number of ether oxygens (including phenoxy) is 1. The van der Waals surface area contributed by atoms with E-state index in [1.54, 1.807) is 6.07 Å². The lowest BCUT2D eigenvalue weighted by Gasteiger charge is -2.12. The van der Waals surface area contributed by atoms with Gasteiger partial charge >= 0.3 is 5.69 Å². The number of fused-ring (bicyclic) bond motifs is 1. The number of nitrogens with one attached hydrogen (secondary N) is 2. The minimum atomic E-state index is -0.673. The molecule has 16 heavy (non-hydrogen) atoms. The molecular formula is C11H14N2O3. The zero-order valence-corrected chi connectivity index (χ0v) is 9.20. The molecule has 1 unspecified atom stereocenters. The van der Waals surface area contributed by atoms with E-state index >= 15 is 0 Å². The molecule has 1 aromatic carbocycles. The summed E-state index contributed by atoms with van der Waals surface area (Å²) < 4.78 is 4.90. The van der Waals surface area contributed by atoms with Crippen molar-refractivity contribution in [2.24, 2.45) is 0 Å². The second-order valence-corrected chi connectivity index (χ2v) is 3.80. The highest BCUT2D eigenvalue weighted by Gasteiger charge is 2.12. The summed E-state index contributed by atoms with van der Waals surface area (Å²) >= 11 is 0. The molecule has 0 fully saturated rings. The zero-order valence-electron chi connectivity index (χ0n) is 9.20. The van der Waals surface area contributed by atoms with E-state index in [2.05, 4.69) is 9.97 Å². The molecule has 1 aromatic heterocycles. The van der Waals surface area contributed by atoms with Crippen LogP contribution in [0, 0.1) is 6.92 Å². The summed E-state index contributed by atoms with van der Waals surface area (Å²) in [4.78, 5) is 16.4. The van der Waals surface area contributed by atoms with Crippen LogP contribution in [0.2, 0.25) is 0 Å². The second kappa shape index (κ2) is 4.11. The number of H-pyrrole nitrogens is 2. The maximum Gasteiger partial charge on any atom is 0.323 e. The maximum atomic E-state index is 11.1. The van der Waals surface area contributed by atoms with Gasteiger partial charge in [0.05, 0.1) is 17.6 Å². The Bertz CT molecular complexity index is 556. The molecule has 0 aliphatic rings. The van der Waals surface area contributed by atoms with Crippen molar-refractivity contribution in [3.8, 4) is 0 Å². The van der Waals surface area contributed by atoms with Crippen LogP contribution in [0.1, 0.15) is 17.2 Å². The summed E-state index contributed by atoms with van der Waals surface area (Å²) in [7, 11) is 1.54. The van der Waals surface area contributed by atoms with Crippen molar-refractivity contribution >= 4 is 11.0 Å². The average Bonchev–Trinajstić information content (AvgIpc) is 2.56. The fourth-order valence-electron chi connectivity index (χ4n) is 1.81. The van der Waals surface area contributed by atoms with Crippen LogP contribution in [0.4, 0.5) is 0 Å². The highest BCUT2D eigenvalue weighted by Crippen LogP contribution is 2.22. The standard InChI is InChI=1S/C11H14N2O3/c1-6-3-8-9(13-11(15)12-8)4-7(6)10(14)5-16-2/h3-4,10,14H,5H2,1-2H3,(H2,12,13,15). The lowest BCUT2D eigenvalue weighted by Crippen LogP contribution is -2.06. The molecule has 0 aliphatic heterocycles. The maximum absolute atomic E-state index is 11.1. The topological polar surface area (TPSA) is 78.1 Å². The lowest BCUT2D eigenvalue weighted by atomic mass is 10.0. The van der Waals surface area contributed by atoms with E-state index < -0.39 is 6.10 Å². The number of aromatic amines is 2. The molecule has 0 saturated heterocycles. The van der Waals surface area contributed by atoms with Crippen LogP contribution in [0.15, 0.2) is 16.9 Å². The average molecular weight is 222 g/mol. The van der Waals surface area contributed by atoms with Crippen LogP contribution in [0.3, 0.4) is 0 Å². The number of hydrogen-bond acceptors (Lipinski definition) is 3. The van der Waals surface area contributed by atoms with Crippen LogP contribution >= 0.6 is 0 Å². The van der Waals surface area contributed by atoms with Gasteiger partial charge in [-0.25, -0.2) is 4.79 Å². The molecule has 0 bridgehead atoms. The SMILES string of the molecule is COCC(O)c1cc2[nH]c(=O)[nH]c2cc1C. The molecule has 2 aromatic rings. The molecule has 1 atom stereocenters.